The minimum atomic E-state index is -0.535. The predicted molar refractivity (Wildman–Crippen MR) is 112 cm³/mol. The topological polar surface area (TPSA) is 29.5 Å². The number of rotatable bonds is 3. The fourth-order valence-electron chi connectivity index (χ4n) is 2.85. The van der Waals surface area contributed by atoms with Gasteiger partial charge in [0.15, 0.2) is 0 Å². The highest BCUT2D eigenvalue weighted by Crippen LogP contribution is 2.28. The van der Waals surface area contributed by atoms with E-state index in [1.807, 2.05) is 45.0 Å². The quantitative estimate of drug-likeness (QED) is 0.524. The zero-order chi connectivity index (χ0) is 18.8. The van der Waals surface area contributed by atoms with Gasteiger partial charge < -0.3 is 4.74 Å². The van der Waals surface area contributed by atoms with E-state index in [-0.39, 0.29) is 6.09 Å². The molecule has 0 radical (unpaired) electrons. The maximum atomic E-state index is 12.9. The van der Waals surface area contributed by atoms with Gasteiger partial charge in [-0.25, -0.2) is 4.79 Å². The van der Waals surface area contributed by atoms with E-state index in [2.05, 4.69) is 55.5 Å². The summed E-state index contributed by atoms with van der Waals surface area (Å²) >= 11 is 2.26. The lowest BCUT2D eigenvalue weighted by molar-refractivity contribution is 0.0577. The van der Waals surface area contributed by atoms with Gasteiger partial charge in [0.05, 0.1) is 12.2 Å². The molecular formula is C21H26INO2. The molecule has 2 rings (SSSR count). The molecule has 0 bridgehead atoms. The summed E-state index contributed by atoms with van der Waals surface area (Å²) in [5.41, 5.74) is 5.12. The monoisotopic (exact) mass is 451 g/mol. The Morgan fingerprint density at radius 1 is 1.08 bits per heavy atom. The highest BCUT2D eigenvalue weighted by atomic mass is 127. The van der Waals surface area contributed by atoms with E-state index in [9.17, 15) is 4.79 Å². The molecule has 1 amide bonds. The van der Waals surface area contributed by atoms with Gasteiger partial charge in [0, 0.05) is 3.57 Å². The molecule has 0 aliphatic rings. The Hall–Kier alpha value is -1.56. The molecule has 2 aromatic carbocycles. The van der Waals surface area contributed by atoms with Gasteiger partial charge in [0.25, 0.3) is 0 Å². The molecule has 0 unspecified atom stereocenters. The summed E-state index contributed by atoms with van der Waals surface area (Å²) in [5.74, 6) is 0. The Labute approximate surface area is 164 Å². The second-order valence-corrected chi connectivity index (χ2v) is 8.56. The van der Waals surface area contributed by atoms with Gasteiger partial charge in [0.1, 0.15) is 5.60 Å². The Morgan fingerprint density at radius 2 is 1.64 bits per heavy atom. The highest BCUT2D eigenvalue weighted by Gasteiger charge is 2.25. The molecule has 0 aliphatic carbocycles. The van der Waals surface area contributed by atoms with Crippen LogP contribution in [0.3, 0.4) is 0 Å². The predicted octanol–water partition coefficient (Wildman–Crippen LogP) is 6.16. The van der Waals surface area contributed by atoms with Crippen molar-refractivity contribution in [2.24, 2.45) is 0 Å². The third-order valence-corrected chi connectivity index (χ3v) is 4.83. The van der Waals surface area contributed by atoms with E-state index in [1.54, 1.807) is 4.90 Å². The fourth-order valence-corrected chi connectivity index (χ4v) is 3.53. The third-order valence-electron chi connectivity index (χ3n) is 3.91. The summed E-state index contributed by atoms with van der Waals surface area (Å²) in [4.78, 5) is 14.6. The number of carbonyl (C=O) groups is 1. The first-order chi connectivity index (χ1) is 11.6. The second kappa shape index (κ2) is 7.77. The van der Waals surface area contributed by atoms with Crippen LogP contribution in [0.2, 0.25) is 0 Å². The molecule has 0 fully saturated rings. The first-order valence-electron chi connectivity index (χ1n) is 8.40. The first-order valence-corrected chi connectivity index (χ1v) is 9.48. The maximum Gasteiger partial charge on any atom is 0.415 e. The van der Waals surface area contributed by atoms with Gasteiger partial charge in [-0.3, -0.25) is 4.90 Å². The van der Waals surface area contributed by atoms with Crippen LogP contribution in [0.4, 0.5) is 10.5 Å². The number of nitrogens with zero attached hydrogens (tertiary/aromatic N) is 1. The number of hydrogen-bond acceptors (Lipinski definition) is 2. The summed E-state index contributed by atoms with van der Waals surface area (Å²) in [6, 6.07) is 12.2. The summed E-state index contributed by atoms with van der Waals surface area (Å²) in [6.45, 7) is 12.4. The van der Waals surface area contributed by atoms with Crippen molar-refractivity contribution in [3.05, 3.63) is 62.2 Å². The Morgan fingerprint density at radius 3 is 2.16 bits per heavy atom. The molecular weight excluding hydrogens is 425 g/mol. The Kier molecular flexibility index (Phi) is 6.14. The molecule has 2 aromatic rings. The smallest absolute Gasteiger partial charge is 0.415 e. The van der Waals surface area contributed by atoms with Crippen LogP contribution in [0.5, 0.6) is 0 Å². The number of benzene rings is 2. The molecule has 0 N–H and O–H groups in total. The lowest BCUT2D eigenvalue weighted by atomic mass is 9.99. The van der Waals surface area contributed by atoms with Crippen LogP contribution in [0.25, 0.3) is 0 Å². The van der Waals surface area contributed by atoms with E-state index in [4.69, 9.17) is 4.74 Å². The van der Waals surface area contributed by atoms with Gasteiger partial charge >= 0.3 is 6.09 Å². The number of amides is 1. The molecule has 0 heterocycles. The first kappa shape index (κ1) is 19.8. The molecule has 0 aliphatic heterocycles. The number of para-hydroxylation sites is 1. The van der Waals surface area contributed by atoms with E-state index >= 15 is 0 Å². The minimum Gasteiger partial charge on any atom is -0.443 e. The number of aryl methyl sites for hydroxylation is 3. The number of hydrogen-bond donors (Lipinski definition) is 0. The molecule has 0 spiro atoms. The molecule has 134 valence electrons. The van der Waals surface area contributed by atoms with Crippen LogP contribution < -0.4 is 4.90 Å². The zero-order valence-electron chi connectivity index (χ0n) is 15.8. The van der Waals surface area contributed by atoms with Crippen LogP contribution >= 0.6 is 22.6 Å². The van der Waals surface area contributed by atoms with Gasteiger partial charge in [-0.2, -0.15) is 0 Å². The van der Waals surface area contributed by atoms with Crippen molar-refractivity contribution in [2.45, 2.75) is 53.7 Å². The largest absolute Gasteiger partial charge is 0.443 e. The van der Waals surface area contributed by atoms with Crippen molar-refractivity contribution < 1.29 is 9.53 Å². The standard InChI is InChI=1S/C21H26INO2/c1-14-11-15(2)17(16(3)12-14)13-23(20(24)25-21(4,5)6)19-10-8-7-9-18(19)22/h7-12H,13H2,1-6H3. The number of halogens is 1. The van der Waals surface area contributed by atoms with Gasteiger partial charge in [-0.15, -0.1) is 0 Å². The SMILES string of the molecule is Cc1cc(C)c(CN(C(=O)OC(C)(C)C)c2ccccc2I)c(C)c1. The summed E-state index contributed by atoms with van der Waals surface area (Å²) in [6.07, 6.45) is -0.323. The van der Waals surface area contributed by atoms with E-state index in [1.165, 1.54) is 16.7 Å². The van der Waals surface area contributed by atoms with E-state index < -0.39 is 5.60 Å². The van der Waals surface area contributed by atoms with Crippen LogP contribution in [0.1, 0.15) is 43.0 Å². The van der Waals surface area contributed by atoms with Crippen molar-refractivity contribution in [2.75, 3.05) is 4.90 Å². The van der Waals surface area contributed by atoms with Gasteiger partial charge in [-0.05, 0) is 93.0 Å². The van der Waals surface area contributed by atoms with Crippen molar-refractivity contribution in [1.29, 1.82) is 0 Å². The Balaban J connectivity index is 2.46. The Bertz CT molecular complexity index is 755. The van der Waals surface area contributed by atoms with E-state index in [0.29, 0.717) is 6.54 Å². The van der Waals surface area contributed by atoms with Crippen molar-refractivity contribution >= 4 is 34.4 Å². The average molecular weight is 451 g/mol. The molecule has 0 saturated carbocycles. The minimum absolute atomic E-state index is 0.323. The highest BCUT2D eigenvalue weighted by molar-refractivity contribution is 14.1. The molecule has 0 saturated heterocycles. The van der Waals surface area contributed by atoms with Crippen LogP contribution in [0, 0.1) is 24.3 Å². The second-order valence-electron chi connectivity index (χ2n) is 7.40. The van der Waals surface area contributed by atoms with Crippen LogP contribution in [0.15, 0.2) is 36.4 Å². The zero-order valence-corrected chi connectivity index (χ0v) is 18.0. The molecule has 0 atom stereocenters. The van der Waals surface area contributed by atoms with Crippen molar-refractivity contribution in [3.8, 4) is 0 Å². The summed E-state index contributed by atoms with van der Waals surface area (Å²) < 4.78 is 6.69. The van der Waals surface area contributed by atoms with Gasteiger partial charge in [-0.1, -0.05) is 29.8 Å². The summed E-state index contributed by atoms with van der Waals surface area (Å²) in [5, 5.41) is 0. The van der Waals surface area contributed by atoms with Crippen molar-refractivity contribution in [1.82, 2.24) is 0 Å². The molecule has 3 nitrogen and oxygen atoms in total. The molecule has 25 heavy (non-hydrogen) atoms. The molecule has 0 aromatic heterocycles. The lowest BCUT2D eigenvalue weighted by Crippen LogP contribution is -2.37. The van der Waals surface area contributed by atoms with Crippen molar-refractivity contribution in [3.63, 3.8) is 0 Å². The van der Waals surface area contributed by atoms with E-state index in [0.717, 1.165) is 14.8 Å². The normalized spacial score (nSPS) is 11.3. The third kappa shape index (κ3) is 5.21. The number of carbonyl (C=O) groups excluding carboxylic acids is 1. The number of ether oxygens (including phenoxy) is 1. The molecule has 4 heteroatoms. The van der Waals surface area contributed by atoms with Gasteiger partial charge in [0.2, 0.25) is 0 Å². The lowest BCUT2D eigenvalue weighted by Gasteiger charge is -2.29. The van der Waals surface area contributed by atoms with Crippen LogP contribution in [-0.4, -0.2) is 11.7 Å². The summed E-state index contributed by atoms with van der Waals surface area (Å²) in [7, 11) is 0. The van der Waals surface area contributed by atoms with Crippen LogP contribution in [-0.2, 0) is 11.3 Å². The fraction of sp³-hybridized carbons (Fsp3) is 0.381. The maximum absolute atomic E-state index is 12.9. The average Bonchev–Trinajstić information content (AvgIpc) is 2.45. The number of anilines is 1.